The van der Waals surface area contributed by atoms with Gasteiger partial charge in [0.1, 0.15) is 11.2 Å². The zero-order valence-corrected chi connectivity index (χ0v) is 68.1. The molecule has 0 radical (unpaired) electrons. The zero-order chi connectivity index (χ0) is 81.3. The molecule has 0 N–H and O–H groups in total. The van der Waals surface area contributed by atoms with E-state index in [1.54, 1.807) is 0 Å². The van der Waals surface area contributed by atoms with Crippen molar-refractivity contribution in [2.24, 2.45) is 0 Å². The van der Waals surface area contributed by atoms with Gasteiger partial charge in [-0.1, -0.05) is 266 Å². The van der Waals surface area contributed by atoms with E-state index in [4.69, 9.17) is 11.0 Å². The van der Waals surface area contributed by atoms with Gasteiger partial charge in [0.05, 0.1) is 62.5 Å². The maximum atomic E-state index is 10.7. The number of para-hydroxylation sites is 1. The smallest absolute Gasteiger partial charge is 0.252 e. The van der Waals surface area contributed by atoms with Crippen molar-refractivity contribution in [2.75, 3.05) is 9.80 Å². The van der Waals surface area contributed by atoms with Crippen LogP contribution in [0.5, 0.6) is 0 Å². The summed E-state index contributed by atoms with van der Waals surface area (Å²) in [6, 6.07) is 134. The maximum Gasteiger partial charge on any atom is 0.252 e. The molecule has 0 fully saturated rings. The molecule has 0 amide bonds. The summed E-state index contributed by atoms with van der Waals surface area (Å²) >= 11 is 0. The Morgan fingerprint density at radius 3 is 1.19 bits per heavy atom. The first-order valence-corrected chi connectivity index (χ1v) is 42.5. The molecule has 2 aliphatic heterocycles. The minimum Gasteiger partial charge on any atom is -0.456 e. The van der Waals surface area contributed by atoms with E-state index in [1.807, 2.05) is 12.1 Å². The topological polar surface area (TPSA) is 57.6 Å². The van der Waals surface area contributed by atoms with Crippen molar-refractivity contribution in [1.29, 1.82) is 5.26 Å². The highest BCUT2D eigenvalue weighted by Gasteiger charge is 2.57. The molecule has 122 heavy (non-hydrogen) atoms. The lowest BCUT2D eigenvalue weighted by Gasteiger charge is -2.46. The van der Waals surface area contributed by atoms with Gasteiger partial charge in [-0.3, -0.25) is 0 Å². The van der Waals surface area contributed by atoms with Crippen molar-refractivity contribution in [2.45, 2.75) is 63.2 Å². The Morgan fingerprint density at radius 1 is 0.328 bits per heavy atom. The van der Waals surface area contributed by atoms with Crippen LogP contribution in [-0.2, 0) is 21.7 Å². The lowest BCUT2D eigenvalue weighted by Crippen LogP contribution is -2.61. The van der Waals surface area contributed by atoms with Gasteiger partial charge >= 0.3 is 0 Å². The molecule has 0 bridgehead atoms. The predicted octanol–water partition coefficient (Wildman–Crippen LogP) is 27.2. The molecule has 26 rings (SSSR count). The first kappa shape index (κ1) is 68.8. The van der Waals surface area contributed by atoms with E-state index < -0.39 is 10.8 Å². The molecule has 5 heterocycles. The summed E-state index contributed by atoms with van der Waals surface area (Å²) in [5.74, 6) is 0. The Morgan fingerprint density at radius 2 is 0.730 bits per heavy atom. The molecule has 6 aliphatic rings. The SMILES string of the molecule is [C-]#[N+]c1ccc2c(c1)c1cc(C(C)(C)C)ccc1n2-c1ccc2c(c1)N(c1cccc3c1C1(c4ccccc4-c4ccccc41)c1ccccc1-3)c1cc(-c3ccc4oc5ccccc5c4c3)cc3c1B2c1ccc(-n2c4ccc(C#N)cc4c4cc(C(C)(C)C)ccc42)cc1N3c1cccc2c1C1(c3ccccc3-c3ccccc31)c1ccccc1-2. The van der Waals surface area contributed by atoms with Crippen LogP contribution in [-0.4, -0.2) is 15.8 Å². The molecular formula is C114H75BN6O. The lowest BCUT2D eigenvalue weighted by molar-refractivity contribution is 0.591. The third-order valence-electron chi connectivity index (χ3n) is 28.2. The van der Waals surface area contributed by atoms with Crippen LogP contribution in [0.2, 0.25) is 0 Å². The molecule has 0 saturated carbocycles. The van der Waals surface area contributed by atoms with Crippen LogP contribution < -0.4 is 26.2 Å². The second-order valence-corrected chi connectivity index (χ2v) is 36.3. The van der Waals surface area contributed by atoms with Crippen molar-refractivity contribution >= 4 is 128 Å². The van der Waals surface area contributed by atoms with Gasteiger partial charge in [-0.25, -0.2) is 4.85 Å². The maximum absolute atomic E-state index is 10.7. The van der Waals surface area contributed by atoms with Crippen LogP contribution in [0.25, 0.3) is 137 Å². The number of nitrogens with zero attached hydrogens (tertiary/aromatic N) is 6. The molecule has 8 heteroatoms. The summed E-state index contributed by atoms with van der Waals surface area (Å²) in [6.45, 7) is 21.8. The number of hydrogen-bond donors (Lipinski definition) is 0. The summed E-state index contributed by atoms with van der Waals surface area (Å²) in [7, 11) is 0. The third kappa shape index (κ3) is 8.87. The number of furan rings is 1. The van der Waals surface area contributed by atoms with Crippen molar-refractivity contribution in [3.8, 4) is 73.1 Å². The summed E-state index contributed by atoms with van der Waals surface area (Å²) in [6.07, 6.45) is 0. The van der Waals surface area contributed by atoms with E-state index in [-0.39, 0.29) is 17.5 Å². The minimum atomic E-state index is -0.763. The summed E-state index contributed by atoms with van der Waals surface area (Å²) < 4.78 is 11.7. The van der Waals surface area contributed by atoms with E-state index in [1.165, 1.54) is 106 Å². The predicted molar refractivity (Wildman–Crippen MR) is 503 cm³/mol. The number of anilines is 6. The standard InChI is InChI=1S/C114H75BN6O/c1-111(2,3)69-44-52-97-84(60-69)83-56-66(65-116)42-51-96(83)118(97)72-47-49-94-102(63-72)120(100-39-22-31-81-78-28-12-19-37-92(78)113(108(81)100)88-33-15-8-24-74(88)75-25-9-16-34-89(75)113)104-58-68(67-43-55-107-87(57-67)80-30-14-21-41-106(80)122-107)59-105-110(104)115(94)95-50-48-73(119-98-53-45-70(112(4,5)6)61-85(98)86-62-71(117-7)46-54-99(86)119)64-103(95)121(105)101-40-23-32-82-79-29-13-20-38-93(79)114(109(82)101)90-35-17-10-26-76(90)77-27-11-18-36-91(77)114/h8-64H,1-6H3. The monoisotopic (exact) mass is 1550 g/mol. The Bertz CT molecular complexity index is 7710. The molecule has 0 atom stereocenters. The van der Waals surface area contributed by atoms with Gasteiger partial charge in [0.2, 0.25) is 0 Å². The second kappa shape index (κ2) is 24.3. The molecule has 3 aromatic heterocycles. The van der Waals surface area contributed by atoms with Gasteiger partial charge in [0, 0.05) is 72.2 Å². The van der Waals surface area contributed by atoms with E-state index >= 15 is 0 Å². The fraction of sp³-hybridized carbons (Fsp3) is 0.0877. The van der Waals surface area contributed by atoms with Gasteiger partial charge in [-0.2, -0.15) is 5.26 Å². The average molecular weight is 1560 g/mol. The number of fused-ring (bicyclic) bond motifs is 33. The van der Waals surface area contributed by atoms with Crippen LogP contribution in [0.3, 0.4) is 0 Å². The van der Waals surface area contributed by atoms with Crippen LogP contribution >= 0.6 is 0 Å². The normalized spacial score (nSPS) is 14.2. The van der Waals surface area contributed by atoms with E-state index in [9.17, 15) is 5.26 Å². The Hall–Kier alpha value is -15.2. The Labute approximate surface area is 707 Å². The summed E-state index contributed by atoms with van der Waals surface area (Å²) in [5.41, 5.74) is 41.6. The van der Waals surface area contributed by atoms with E-state index in [2.05, 4.69) is 405 Å². The van der Waals surface area contributed by atoms with Crippen molar-refractivity contribution in [3.63, 3.8) is 0 Å². The first-order valence-electron chi connectivity index (χ1n) is 42.5. The van der Waals surface area contributed by atoms with Crippen molar-refractivity contribution in [3.05, 3.63) is 418 Å². The molecule has 0 unspecified atom stereocenters. The minimum absolute atomic E-state index is 0.141. The molecule has 17 aromatic carbocycles. The zero-order valence-electron chi connectivity index (χ0n) is 68.1. The quantitative estimate of drug-likeness (QED) is 0.127. The molecule has 2 spiro atoms. The molecule has 4 aliphatic carbocycles. The second-order valence-electron chi connectivity index (χ2n) is 36.3. The van der Waals surface area contributed by atoms with Crippen LogP contribution in [0.15, 0.2) is 350 Å². The molecule has 570 valence electrons. The molecular weight excluding hydrogens is 1480 g/mol. The van der Waals surface area contributed by atoms with Crippen LogP contribution in [0.4, 0.5) is 39.8 Å². The Kier molecular flexibility index (Phi) is 13.7. The average Bonchev–Trinajstić information content (AvgIpc) is 1.33. The number of nitriles is 1. The van der Waals surface area contributed by atoms with Crippen molar-refractivity contribution < 1.29 is 4.42 Å². The number of hydrogen-bond acceptors (Lipinski definition) is 4. The van der Waals surface area contributed by atoms with Crippen molar-refractivity contribution in [1.82, 2.24) is 9.13 Å². The number of benzene rings is 17. The van der Waals surface area contributed by atoms with Gasteiger partial charge in [-0.05, 0) is 254 Å². The molecule has 20 aromatic rings. The van der Waals surface area contributed by atoms with Gasteiger partial charge < -0.3 is 23.4 Å². The fourth-order valence-electron chi connectivity index (χ4n) is 23.1. The van der Waals surface area contributed by atoms with Gasteiger partial charge in [0.15, 0.2) is 5.69 Å². The fourth-order valence-corrected chi connectivity index (χ4v) is 23.1. The highest BCUT2D eigenvalue weighted by molar-refractivity contribution is 7.00. The number of aromatic nitrogens is 2. The highest BCUT2D eigenvalue weighted by atomic mass is 16.3. The number of rotatable bonds is 5. The largest absolute Gasteiger partial charge is 0.456 e. The third-order valence-corrected chi connectivity index (χ3v) is 28.2. The van der Waals surface area contributed by atoms with E-state index in [0.29, 0.717) is 11.3 Å². The highest BCUT2D eigenvalue weighted by Crippen LogP contribution is 2.68. The van der Waals surface area contributed by atoms with Gasteiger partial charge in [-0.15, -0.1) is 0 Å². The summed E-state index contributed by atoms with van der Waals surface area (Å²) in [4.78, 5) is 9.51. The molecule has 0 saturated heterocycles. The first-order chi connectivity index (χ1) is 59.7. The van der Waals surface area contributed by atoms with E-state index in [0.717, 1.165) is 133 Å². The van der Waals surface area contributed by atoms with Crippen LogP contribution in [0, 0.1) is 17.9 Å². The van der Waals surface area contributed by atoms with Crippen LogP contribution in [0.1, 0.15) is 103 Å². The Balaban J connectivity index is 0.838. The summed E-state index contributed by atoms with van der Waals surface area (Å²) in [5, 5.41) is 17.1. The van der Waals surface area contributed by atoms with Gasteiger partial charge in [0.25, 0.3) is 6.71 Å². The molecule has 7 nitrogen and oxygen atoms in total. The lowest BCUT2D eigenvalue weighted by atomic mass is 9.33.